The molecule has 0 fully saturated rings. The van der Waals surface area contributed by atoms with Crippen molar-refractivity contribution in [2.75, 3.05) is 0 Å². The minimum Gasteiger partial charge on any atom is 1.00 e. The molecule has 0 aliphatic heterocycles. The Bertz CT molecular complexity index is 46.8. The molecular weight excluding hydrogens is 255 g/mol. The maximum absolute atomic E-state index is 9.26. The van der Waals surface area contributed by atoms with Gasteiger partial charge in [0.05, 0.1) is 0 Å². The van der Waals surface area contributed by atoms with Gasteiger partial charge in [-0.05, 0) is 0 Å². The Morgan fingerprint density at radius 3 is 2.00 bits per heavy atom. The van der Waals surface area contributed by atoms with E-state index in [2.05, 4.69) is 0 Å². The van der Waals surface area contributed by atoms with Gasteiger partial charge in [-0.3, -0.25) is 0 Å². The molecule has 0 saturated carbocycles. The van der Waals surface area contributed by atoms with Crippen molar-refractivity contribution in [2.45, 2.75) is 4.93 Å². The van der Waals surface area contributed by atoms with Crippen molar-refractivity contribution in [1.82, 2.24) is 0 Å². The number of carboxylic acids is 1. The normalized spacial score (nSPS) is 6.33. The molecule has 0 aliphatic carbocycles. The van der Waals surface area contributed by atoms with Gasteiger partial charge in [-0.25, -0.2) is 0 Å². The first-order valence-corrected chi connectivity index (χ1v) is 2.69. The molecule has 2 nitrogen and oxygen atoms in total. The summed E-state index contributed by atoms with van der Waals surface area (Å²) in [6.45, 7) is 0. The minimum absolute atomic E-state index is 0. The molecule has 0 bridgehead atoms. The van der Waals surface area contributed by atoms with Crippen molar-refractivity contribution in [3.63, 3.8) is 0 Å². The summed E-state index contributed by atoms with van der Waals surface area (Å²) in [6, 6.07) is 0. The van der Waals surface area contributed by atoms with Gasteiger partial charge in [-0.1, -0.05) is 0 Å². The van der Waals surface area contributed by atoms with Gasteiger partial charge in [0.2, 0.25) is 0 Å². The summed E-state index contributed by atoms with van der Waals surface area (Å²) in [4.78, 5) is 9.37. The van der Waals surface area contributed by atoms with Crippen LogP contribution in [0.15, 0.2) is 0 Å². The van der Waals surface area contributed by atoms with Crippen molar-refractivity contribution >= 4 is 5.97 Å². The molecule has 0 aromatic rings. The van der Waals surface area contributed by atoms with Crippen LogP contribution >= 0.6 is 0 Å². The Labute approximate surface area is 58.6 Å². The number of carbonyl (C=O) groups is 1. The van der Waals surface area contributed by atoms with Gasteiger partial charge in [0.25, 0.3) is 0 Å². The predicted octanol–water partition coefficient (Wildman–Crippen LogP) is -4.29. The fourth-order valence-electron chi connectivity index (χ4n) is 0. The topological polar surface area (TPSA) is 40.1 Å². The summed E-state index contributed by atoms with van der Waals surface area (Å²) in [5.41, 5.74) is 0. The van der Waals surface area contributed by atoms with E-state index in [9.17, 15) is 9.90 Å². The van der Waals surface area contributed by atoms with E-state index in [4.69, 9.17) is 0 Å². The number of aliphatic carboxylic acids is 1. The van der Waals surface area contributed by atoms with Crippen molar-refractivity contribution in [1.29, 1.82) is 0 Å². The quantitative estimate of drug-likeness (QED) is 0.446. The Hall–Kier alpha value is 0.717. The maximum Gasteiger partial charge on any atom is 1.00 e. The van der Waals surface area contributed by atoms with E-state index in [0.717, 1.165) is 0 Å². The number of hydrogen-bond acceptors (Lipinski definition) is 2. The van der Waals surface area contributed by atoms with Gasteiger partial charge in [-0.15, -0.1) is 0 Å². The third-order valence-corrected chi connectivity index (χ3v) is 0.788. The summed E-state index contributed by atoms with van der Waals surface area (Å²) in [6.07, 6.45) is 0. The van der Waals surface area contributed by atoms with Crippen LogP contribution < -0.4 is 24.0 Å². The summed E-state index contributed by atoms with van der Waals surface area (Å²) >= 11 is 1.54. The molecule has 0 aromatic heterocycles. The zero-order valence-corrected chi connectivity index (χ0v) is 5.75. The standard InChI is InChI=1S/C2H3O2.Ir.Li/c1-2(3)4;;/h1H2,(H,3,4);;/q;;+1/p-1. The first-order chi connectivity index (χ1) is 2.27. The minimum atomic E-state index is -0.995. The predicted molar refractivity (Wildman–Crippen MR) is 9.81 cm³/mol. The van der Waals surface area contributed by atoms with Crippen molar-refractivity contribution in [3.8, 4) is 0 Å². The Kier molecular flexibility index (Phi) is 9.40. The van der Waals surface area contributed by atoms with E-state index in [1.54, 1.807) is 0 Å². The number of carbonyl (C=O) groups excluding carboxylic acids is 1. The van der Waals surface area contributed by atoms with Crippen LogP contribution in [0, 0.1) is 0 Å². The molecule has 0 aliphatic rings. The molecule has 0 aromatic carbocycles. The summed E-state index contributed by atoms with van der Waals surface area (Å²) in [5, 5.41) is 9.26. The van der Waals surface area contributed by atoms with Crippen LogP contribution in [0.4, 0.5) is 0 Å². The van der Waals surface area contributed by atoms with Gasteiger partial charge in [0.15, 0.2) is 0 Å². The van der Waals surface area contributed by atoms with E-state index in [0.29, 0.717) is 0 Å². The van der Waals surface area contributed by atoms with Gasteiger partial charge in [0, 0.05) is 0 Å². The second-order valence-corrected chi connectivity index (χ2v) is 1.34. The monoisotopic (exact) mass is 258 g/mol. The zero-order chi connectivity index (χ0) is 4.28. The second kappa shape index (κ2) is 5.72. The van der Waals surface area contributed by atoms with E-state index < -0.39 is 5.97 Å². The van der Waals surface area contributed by atoms with Crippen LogP contribution in [0.3, 0.4) is 0 Å². The molecule has 0 amide bonds. The molecule has 0 atom stereocenters. The summed E-state index contributed by atoms with van der Waals surface area (Å²) in [7, 11) is 0. The second-order valence-electron chi connectivity index (χ2n) is 0.490. The zero-order valence-electron chi connectivity index (χ0n) is 3.36. The van der Waals surface area contributed by atoms with Crippen LogP contribution in [0.2, 0.25) is 4.93 Å². The first-order valence-electron chi connectivity index (χ1n) is 0.998. The van der Waals surface area contributed by atoms with Crippen LogP contribution in [-0.2, 0) is 23.7 Å². The van der Waals surface area contributed by atoms with Crippen molar-refractivity contribution in [3.05, 3.63) is 0 Å². The van der Waals surface area contributed by atoms with Crippen LogP contribution in [0.1, 0.15) is 0 Å². The van der Waals surface area contributed by atoms with Gasteiger partial charge < -0.3 is 0 Å². The Morgan fingerprint density at radius 1 is 1.83 bits per heavy atom. The molecule has 0 saturated heterocycles. The fourth-order valence-corrected chi connectivity index (χ4v) is 0. The largest absolute Gasteiger partial charge is 1.00 e. The molecule has 4 heteroatoms. The van der Waals surface area contributed by atoms with Crippen LogP contribution in [-0.4, -0.2) is 5.97 Å². The number of hydrogen-bond donors (Lipinski definition) is 0. The number of rotatable bonds is 1. The first kappa shape index (κ1) is 9.87. The van der Waals surface area contributed by atoms with E-state index in [1.165, 1.54) is 18.9 Å². The van der Waals surface area contributed by atoms with Crippen LogP contribution in [0.25, 0.3) is 0 Å². The van der Waals surface area contributed by atoms with Crippen LogP contribution in [0.5, 0.6) is 0 Å². The molecule has 0 rings (SSSR count). The Balaban J connectivity index is 0. The summed E-state index contributed by atoms with van der Waals surface area (Å²) in [5.74, 6) is -0.995. The molecule has 0 unspecified atom stereocenters. The molecular formula is C2H2IrLiO2. The average molecular weight is 257 g/mol. The van der Waals surface area contributed by atoms with Gasteiger partial charge in [-0.2, -0.15) is 0 Å². The third kappa shape index (κ3) is 8.83. The van der Waals surface area contributed by atoms with Crippen molar-refractivity contribution in [2.24, 2.45) is 0 Å². The van der Waals surface area contributed by atoms with Gasteiger partial charge in [0.1, 0.15) is 0 Å². The Morgan fingerprint density at radius 2 is 2.00 bits per heavy atom. The molecule has 6 heavy (non-hydrogen) atoms. The van der Waals surface area contributed by atoms with E-state index >= 15 is 0 Å². The maximum atomic E-state index is 9.26. The van der Waals surface area contributed by atoms with E-state index in [-0.39, 0.29) is 23.8 Å². The molecule has 0 heterocycles. The SMILES string of the molecule is O=C([O-])[CH2][Ir].[Li+]. The average Bonchev–Trinajstić information content (AvgIpc) is 1.38. The molecule has 0 radical (unpaired) electrons. The number of carboxylic acid groups (broad SMARTS) is 1. The molecule has 0 spiro atoms. The third-order valence-electron chi connectivity index (χ3n) is 0.0962. The molecule has 32 valence electrons. The van der Waals surface area contributed by atoms with Crippen molar-refractivity contribution < 1.29 is 47.7 Å². The van der Waals surface area contributed by atoms with E-state index in [1.807, 2.05) is 0 Å². The fraction of sp³-hybridized carbons (Fsp3) is 0.500. The van der Waals surface area contributed by atoms with Gasteiger partial charge >= 0.3 is 58.6 Å². The smallest absolute Gasteiger partial charge is 1.00 e. The summed E-state index contributed by atoms with van der Waals surface area (Å²) < 4.78 is 0. The molecule has 0 N–H and O–H groups in total.